The van der Waals surface area contributed by atoms with Crippen LogP contribution in [0.1, 0.15) is 31.4 Å². The summed E-state index contributed by atoms with van der Waals surface area (Å²) in [6.45, 7) is 4.65. The molecule has 8 heteroatoms. The van der Waals surface area contributed by atoms with Gasteiger partial charge in [0.2, 0.25) is 11.9 Å². The Balaban J connectivity index is 1.56. The zero-order valence-electron chi connectivity index (χ0n) is 15.7. The highest BCUT2D eigenvalue weighted by Gasteiger charge is 2.30. The normalized spacial score (nSPS) is 18.9. The lowest BCUT2D eigenvalue weighted by atomic mass is 10.1. The minimum absolute atomic E-state index is 0.0856. The Labute approximate surface area is 152 Å². The van der Waals surface area contributed by atoms with E-state index in [1.807, 2.05) is 11.8 Å². The minimum Gasteiger partial charge on any atom is -0.339 e. The maximum atomic E-state index is 12.7. The lowest BCUT2D eigenvalue weighted by Crippen LogP contribution is -2.51. The minimum atomic E-state index is -0.0856. The molecule has 0 unspecified atom stereocenters. The van der Waals surface area contributed by atoms with Gasteiger partial charge in [-0.25, -0.2) is 4.98 Å². The fraction of sp³-hybridized carbons (Fsp3) is 0.667. The van der Waals surface area contributed by atoms with Crippen molar-refractivity contribution in [1.29, 1.82) is 0 Å². The first kappa shape index (κ1) is 17.1. The predicted octanol–water partition coefficient (Wildman–Crippen LogP) is 0.814. The summed E-state index contributed by atoms with van der Waals surface area (Å²) >= 11 is 0. The molecule has 0 atom stereocenters. The Morgan fingerprint density at radius 2 is 1.73 bits per heavy atom. The molecule has 4 rings (SSSR count). The third-order valence-electron chi connectivity index (χ3n) is 5.79. The number of amides is 1. The summed E-state index contributed by atoms with van der Waals surface area (Å²) in [5.74, 6) is 1.19. The Kier molecular flexibility index (Phi) is 4.20. The molecule has 0 bridgehead atoms. The Morgan fingerprint density at radius 1 is 1.08 bits per heavy atom. The van der Waals surface area contributed by atoms with Crippen molar-refractivity contribution in [2.75, 3.05) is 31.1 Å². The van der Waals surface area contributed by atoms with Crippen molar-refractivity contribution in [3.05, 3.63) is 16.0 Å². The molecule has 3 heterocycles. The Morgan fingerprint density at radius 3 is 2.38 bits per heavy atom. The Bertz CT molecular complexity index is 901. The number of hydrogen-bond acceptors (Lipinski definition) is 5. The highest BCUT2D eigenvalue weighted by molar-refractivity contribution is 5.80. The van der Waals surface area contributed by atoms with E-state index in [2.05, 4.69) is 10.00 Å². The van der Waals surface area contributed by atoms with E-state index in [0.29, 0.717) is 49.1 Å². The summed E-state index contributed by atoms with van der Waals surface area (Å²) < 4.78 is 3.19. The molecule has 140 valence electrons. The van der Waals surface area contributed by atoms with Crippen LogP contribution < -0.4 is 10.5 Å². The van der Waals surface area contributed by atoms with Crippen LogP contribution in [-0.4, -0.2) is 56.3 Å². The zero-order valence-corrected chi connectivity index (χ0v) is 15.7. The summed E-state index contributed by atoms with van der Waals surface area (Å²) in [6, 6.07) is 0. The van der Waals surface area contributed by atoms with E-state index >= 15 is 0 Å². The van der Waals surface area contributed by atoms with E-state index in [1.54, 1.807) is 23.3 Å². The van der Waals surface area contributed by atoms with Crippen LogP contribution in [0.25, 0.3) is 11.0 Å². The second-order valence-corrected chi connectivity index (χ2v) is 7.48. The van der Waals surface area contributed by atoms with Crippen molar-refractivity contribution in [1.82, 2.24) is 24.2 Å². The van der Waals surface area contributed by atoms with Crippen molar-refractivity contribution >= 4 is 22.9 Å². The number of piperazine rings is 1. The van der Waals surface area contributed by atoms with Gasteiger partial charge < -0.3 is 9.80 Å². The van der Waals surface area contributed by atoms with E-state index in [9.17, 15) is 9.59 Å². The van der Waals surface area contributed by atoms with Crippen LogP contribution in [0.5, 0.6) is 0 Å². The van der Waals surface area contributed by atoms with Gasteiger partial charge in [-0.2, -0.15) is 5.10 Å². The smallest absolute Gasteiger partial charge is 0.280 e. The van der Waals surface area contributed by atoms with E-state index in [0.717, 1.165) is 18.5 Å². The number of fused-ring (bicyclic) bond motifs is 1. The van der Waals surface area contributed by atoms with Gasteiger partial charge in [0.1, 0.15) is 5.52 Å². The molecule has 1 aliphatic carbocycles. The van der Waals surface area contributed by atoms with Gasteiger partial charge in [-0.15, -0.1) is 0 Å². The van der Waals surface area contributed by atoms with Gasteiger partial charge in [0.15, 0.2) is 5.52 Å². The maximum Gasteiger partial charge on any atom is 0.280 e. The van der Waals surface area contributed by atoms with Crippen molar-refractivity contribution in [2.45, 2.75) is 32.6 Å². The van der Waals surface area contributed by atoms with E-state index in [4.69, 9.17) is 4.98 Å². The maximum absolute atomic E-state index is 12.7. The first-order chi connectivity index (χ1) is 12.5. The second kappa shape index (κ2) is 6.41. The molecule has 1 saturated carbocycles. The second-order valence-electron chi connectivity index (χ2n) is 7.48. The molecule has 2 aliphatic rings. The SMILES string of the molecule is Cc1nn(C)c2c(=O)n(C)c(N3CCN(C(=O)C4CCCC4)CC3)nc12. The average molecular weight is 358 g/mol. The molecule has 0 spiro atoms. The van der Waals surface area contributed by atoms with Crippen LogP contribution in [-0.2, 0) is 18.9 Å². The quantitative estimate of drug-likeness (QED) is 0.794. The molecule has 0 N–H and O–H groups in total. The van der Waals surface area contributed by atoms with Crippen molar-refractivity contribution in [2.24, 2.45) is 20.0 Å². The highest BCUT2D eigenvalue weighted by Crippen LogP contribution is 2.27. The van der Waals surface area contributed by atoms with Crippen molar-refractivity contribution in [3.8, 4) is 0 Å². The molecule has 1 saturated heterocycles. The van der Waals surface area contributed by atoms with Gasteiger partial charge in [0.05, 0.1) is 5.69 Å². The van der Waals surface area contributed by atoms with E-state index < -0.39 is 0 Å². The summed E-state index contributed by atoms with van der Waals surface area (Å²) in [6.07, 6.45) is 4.41. The molecule has 1 aliphatic heterocycles. The van der Waals surface area contributed by atoms with Crippen LogP contribution in [0, 0.1) is 12.8 Å². The molecule has 1 amide bonds. The lowest BCUT2D eigenvalue weighted by molar-refractivity contribution is -0.135. The summed E-state index contributed by atoms with van der Waals surface area (Å²) in [5.41, 5.74) is 1.87. The van der Waals surface area contributed by atoms with E-state index in [1.165, 1.54) is 12.8 Å². The number of carbonyl (C=O) groups excluding carboxylic acids is 1. The third-order valence-corrected chi connectivity index (χ3v) is 5.79. The monoisotopic (exact) mass is 358 g/mol. The molecular weight excluding hydrogens is 332 g/mol. The van der Waals surface area contributed by atoms with Gasteiger partial charge in [-0.3, -0.25) is 18.8 Å². The molecule has 0 radical (unpaired) electrons. The fourth-order valence-corrected chi connectivity index (χ4v) is 4.29. The van der Waals surface area contributed by atoms with Gasteiger partial charge in [-0.05, 0) is 19.8 Å². The van der Waals surface area contributed by atoms with Crippen LogP contribution >= 0.6 is 0 Å². The summed E-state index contributed by atoms with van der Waals surface area (Å²) in [4.78, 5) is 34.2. The predicted molar refractivity (Wildman–Crippen MR) is 99.2 cm³/mol. The van der Waals surface area contributed by atoms with Crippen LogP contribution in [0.3, 0.4) is 0 Å². The molecular formula is C18H26N6O2. The van der Waals surface area contributed by atoms with Crippen molar-refractivity contribution < 1.29 is 4.79 Å². The number of aryl methyl sites for hydroxylation is 2. The summed E-state index contributed by atoms with van der Waals surface area (Å²) in [7, 11) is 3.52. The largest absolute Gasteiger partial charge is 0.339 e. The van der Waals surface area contributed by atoms with Crippen molar-refractivity contribution in [3.63, 3.8) is 0 Å². The van der Waals surface area contributed by atoms with Crippen LogP contribution in [0.15, 0.2) is 4.79 Å². The van der Waals surface area contributed by atoms with Gasteiger partial charge >= 0.3 is 0 Å². The first-order valence-electron chi connectivity index (χ1n) is 9.41. The van der Waals surface area contributed by atoms with Gasteiger partial charge in [-0.1, -0.05) is 12.8 Å². The zero-order chi connectivity index (χ0) is 18.4. The average Bonchev–Trinajstić information content (AvgIpc) is 3.26. The van der Waals surface area contributed by atoms with Gasteiger partial charge in [0.25, 0.3) is 5.56 Å². The molecule has 2 fully saturated rings. The van der Waals surface area contributed by atoms with Crippen LogP contribution in [0.4, 0.5) is 5.95 Å². The lowest BCUT2D eigenvalue weighted by Gasteiger charge is -2.36. The molecule has 2 aromatic rings. The fourth-order valence-electron chi connectivity index (χ4n) is 4.29. The third kappa shape index (κ3) is 2.68. The standard InChI is InChI=1S/C18H26N6O2/c1-12-14-15(22(3)20-12)17(26)21(2)18(19-14)24-10-8-23(9-11-24)16(25)13-6-4-5-7-13/h13H,4-11H2,1-3H3. The number of anilines is 1. The Hall–Kier alpha value is -2.38. The number of nitrogens with zero attached hydrogens (tertiary/aromatic N) is 6. The number of carbonyl (C=O) groups is 1. The molecule has 26 heavy (non-hydrogen) atoms. The molecule has 0 aromatic carbocycles. The topological polar surface area (TPSA) is 76.3 Å². The number of rotatable bonds is 2. The molecule has 8 nitrogen and oxygen atoms in total. The van der Waals surface area contributed by atoms with Gasteiger partial charge in [0, 0.05) is 46.2 Å². The van der Waals surface area contributed by atoms with Crippen LogP contribution in [0.2, 0.25) is 0 Å². The summed E-state index contributed by atoms with van der Waals surface area (Å²) in [5, 5.41) is 4.33. The highest BCUT2D eigenvalue weighted by atomic mass is 16.2. The molecule has 2 aromatic heterocycles. The number of hydrogen-bond donors (Lipinski definition) is 0. The van der Waals surface area contributed by atoms with E-state index in [-0.39, 0.29) is 11.5 Å². The first-order valence-corrected chi connectivity index (χ1v) is 9.41. The number of aromatic nitrogens is 4.